The van der Waals surface area contributed by atoms with Gasteiger partial charge in [0.25, 0.3) is 0 Å². The van der Waals surface area contributed by atoms with Crippen LogP contribution in [0.1, 0.15) is 59.8 Å². The first-order valence-corrected chi connectivity index (χ1v) is 7.71. The molecule has 0 aliphatic heterocycles. The molecule has 100 valence electrons. The highest BCUT2D eigenvalue weighted by Gasteiger charge is 2.52. The van der Waals surface area contributed by atoms with Gasteiger partial charge in [-0.15, -0.1) is 0 Å². The van der Waals surface area contributed by atoms with E-state index in [-0.39, 0.29) is 0 Å². The molecule has 0 aromatic rings. The fourth-order valence-corrected chi connectivity index (χ4v) is 3.66. The van der Waals surface area contributed by atoms with Crippen molar-refractivity contribution in [2.24, 2.45) is 29.1 Å². The maximum Gasteiger partial charge on any atom is 0.000813 e. The van der Waals surface area contributed by atoms with Gasteiger partial charge >= 0.3 is 0 Å². The summed E-state index contributed by atoms with van der Waals surface area (Å²) < 4.78 is 0. The Labute approximate surface area is 108 Å². The van der Waals surface area contributed by atoms with Gasteiger partial charge in [0.05, 0.1) is 0 Å². The lowest BCUT2D eigenvalue weighted by Crippen LogP contribution is -2.35. The lowest BCUT2D eigenvalue weighted by Gasteiger charge is -2.32. The Morgan fingerprint density at radius 2 is 1.71 bits per heavy atom. The second-order valence-electron chi connectivity index (χ2n) is 7.62. The van der Waals surface area contributed by atoms with Gasteiger partial charge in [-0.2, -0.15) is 0 Å². The van der Waals surface area contributed by atoms with Gasteiger partial charge < -0.3 is 5.32 Å². The predicted molar refractivity (Wildman–Crippen MR) is 75.0 cm³/mol. The molecule has 2 rings (SSSR count). The molecule has 0 bridgehead atoms. The van der Waals surface area contributed by atoms with E-state index in [0.29, 0.717) is 5.41 Å². The molecule has 0 spiro atoms. The minimum absolute atomic E-state index is 0.673. The molecule has 0 amide bonds. The van der Waals surface area contributed by atoms with Gasteiger partial charge in [0.1, 0.15) is 0 Å². The summed E-state index contributed by atoms with van der Waals surface area (Å²) in [5.74, 6) is 3.88. The van der Waals surface area contributed by atoms with Gasteiger partial charge in [-0.3, -0.25) is 0 Å². The van der Waals surface area contributed by atoms with Crippen LogP contribution in [0.4, 0.5) is 0 Å². The molecule has 2 fully saturated rings. The van der Waals surface area contributed by atoms with Crippen LogP contribution in [0.2, 0.25) is 0 Å². The largest absolute Gasteiger partial charge is 0.316 e. The van der Waals surface area contributed by atoms with E-state index in [4.69, 9.17) is 0 Å². The Morgan fingerprint density at radius 1 is 1.06 bits per heavy atom. The zero-order valence-corrected chi connectivity index (χ0v) is 12.3. The molecule has 0 aromatic heterocycles. The van der Waals surface area contributed by atoms with Gasteiger partial charge in [-0.1, -0.05) is 34.1 Å². The molecule has 1 heteroatoms. The second-order valence-corrected chi connectivity index (χ2v) is 7.62. The van der Waals surface area contributed by atoms with E-state index in [0.717, 1.165) is 23.7 Å². The third-order valence-electron chi connectivity index (χ3n) is 4.76. The minimum Gasteiger partial charge on any atom is -0.316 e. The second kappa shape index (κ2) is 5.30. The van der Waals surface area contributed by atoms with Gasteiger partial charge in [0.2, 0.25) is 0 Å². The van der Waals surface area contributed by atoms with Crippen molar-refractivity contribution < 1.29 is 0 Å². The summed E-state index contributed by atoms with van der Waals surface area (Å²) in [5.41, 5.74) is 0.673. The number of hydrogen-bond donors (Lipinski definition) is 1. The molecule has 17 heavy (non-hydrogen) atoms. The summed E-state index contributed by atoms with van der Waals surface area (Å²) in [7, 11) is 0. The van der Waals surface area contributed by atoms with Gasteiger partial charge in [0.15, 0.2) is 0 Å². The van der Waals surface area contributed by atoms with Crippen molar-refractivity contribution in [2.45, 2.75) is 59.8 Å². The normalized spacial score (nSPS) is 35.6. The molecule has 0 saturated heterocycles. The van der Waals surface area contributed by atoms with E-state index >= 15 is 0 Å². The maximum absolute atomic E-state index is 3.73. The molecule has 0 heterocycles. The lowest BCUT2D eigenvalue weighted by molar-refractivity contribution is 0.211. The van der Waals surface area contributed by atoms with E-state index in [1.807, 2.05) is 0 Å². The molecule has 1 N–H and O–H groups in total. The first-order valence-electron chi connectivity index (χ1n) is 7.71. The Hall–Kier alpha value is -0.0400. The fraction of sp³-hybridized carbons (Fsp3) is 1.00. The first kappa shape index (κ1) is 13.4. The van der Waals surface area contributed by atoms with Crippen LogP contribution in [0.3, 0.4) is 0 Å². The summed E-state index contributed by atoms with van der Waals surface area (Å²) in [5, 5.41) is 3.73. The third-order valence-corrected chi connectivity index (χ3v) is 4.76. The highest BCUT2D eigenvalue weighted by molar-refractivity contribution is 5.04. The first-order chi connectivity index (χ1) is 8.01. The quantitative estimate of drug-likeness (QED) is 0.703. The molecule has 2 aliphatic rings. The van der Waals surface area contributed by atoms with Crippen LogP contribution in [-0.4, -0.2) is 13.1 Å². The zero-order chi connectivity index (χ0) is 12.5. The highest BCUT2D eigenvalue weighted by atomic mass is 14.9. The smallest absolute Gasteiger partial charge is 0.000813 e. The lowest BCUT2D eigenvalue weighted by atomic mass is 9.77. The summed E-state index contributed by atoms with van der Waals surface area (Å²) in [6.45, 7) is 11.8. The van der Waals surface area contributed by atoms with Gasteiger partial charge in [0, 0.05) is 6.54 Å². The van der Waals surface area contributed by atoms with Crippen molar-refractivity contribution in [3.05, 3.63) is 0 Å². The average molecular weight is 237 g/mol. The molecule has 1 nitrogen and oxygen atoms in total. The molecule has 2 atom stereocenters. The van der Waals surface area contributed by atoms with Crippen molar-refractivity contribution >= 4 is 0 Å². The maximum atomic E-state index is 3.73. The summed E-state index contributed by atoms with van der Waals surface area (Å²) >= 11 is 0. The standard InChI is InChI=1S/C16H31N/c1-12(2)5-6-16(11-17-10-13(3)4)8-14-7-15(14)9-16/h12-15,17H,5-11H2,1-4H3. The zero-order valence-electron chi connectivity index (χ0n) is 12.3. The fourth-order valence-electron chi connectivity index (χ4n) is 3.66. The molecular formula is C16H31N. The summed E-state index contributed by atoms with van der Waals surface area (Å²) in [4.78, 5) is 0. The highest BCUT2D eigenvalue weighted by Crippen LogP contribution is 2.61. The molecule has 0 radical (unpaired) electrons. The topological polar surface area (TPSA) is 12.0 Å². The van der Waals surface area contributed by atoms with Gasteiger partial charge in [-0.05, 0) is 61.3 Å². The Bertz CT molecular complexity index is 234. The van der Waals surface area contributed by atoms with Crippen LogP contribution in [0.15, 0.2) is 0 Å². The van der Waals surface area contributed by atoms with E-state index < -0.39 is 0 Å². The van der Waals surface area contributed by atoms with Crippen molar-refractivity contribution in [3.8, 4) is 0 Å². The van der Waals surface area contributed by atoms with Crippen LogP contribution in [-0.2, 0) is 0 Å². The average Bonchev–Trinajstić information content (AvgIpc) is 2.84. The summed E-state index contributed by atoms with van der Waals surface area (Å²) in [6, 6.07) is 0. The van der Waals surface area contributed by atoms with E-state index in [1.54, 1.807) is 6.42 Å². The molecule has 2 unspecified atom stereocenters. The third kappa shape index (κ3) is 3.71. The number of hydrogen-bond acceptors (Lipinski definition) is 1. The Kier molecular flexibility index (Phi) is 4.18. The van der Waals surface area contributed by atoms with Crippen molar-refractivity contribution in [2.75, 3.05) is 13.1 Å². The summed E-state index contributed by atoms with van der Waals surface area (Å²) in [6.07, 6.45) is 7.48. The van der Waals surface area contributed by atoms with E-state index in [1.165, 1.54) is 38.8 Å². The number of nitrogens with one attached hydrogen (secondary N) is 1. The van der Waals surface area contributed by atoms with Crippen LogP contribution in [0.5, 0.6) is 0 Å². The minimum atomic E-state index is 0.673. The van der Waals surface area contributed by atoms with E-state index in [2.05, 4.69) is 33.0 Å². The molecule has 2 aliphatic carbocycles. The molecule has 2 saturated carbocycles. The van der Waals surface area contributed by atoms with Crippen LogP contribution in [0.25, 0.3) is 0 Å². The van der Waals surface area contributed by atoms with Crippen LogP contribution in [0, 0.1) is 29.1 Å². The van der Waals surface area contributed by atoms with Crippen molar-refractivity contribution in [1.29, 1.82) is 0 Å². The van der Waals surface area contributed by atoms with E-state index in [9.17, 15) is 0 Å². The number of fused-ring (bicyclic) bond motifs is 1. The van der Waals surface area contributed by atoms with Crippen molar-refractivity contribution in [3.63, 3.8) is 0 Å². The van der Waals surface area contributed by atoms with Crippen LogP contribution < -0.4 is 5.32 Å². The Balaban J connectivity index is 1.80. The monoisotopic (exact) mass is 237 g/mol. The number of rotatable bonds is 7. The molecular weight excluding hydrogens is 206 g/mol. The predicted octanol–water partition coefficient (Wildman–Crippen LogP) is 4.08. The molecule has 0 aromatic carbocycles. The van der Waals surface area contributed by atoms with Gasteiger partial charge in [-0.25, -0.2) is 0 Å². The SMILES string of the molecule is CC(C)CCC1(CNCC(C)C)CC2CC2C1. The van der Waals surface area contributed by atoms with Crippen molar-refractivity contribution in [1.82, 2.24) is 5.32 Å². The Morgan fingerprint density at radius 3 is 2.24 bits per heavy atom. The van der Waals surface area contributed by atoms with Crippen LogP contribution >= 0.6 is 0 Å².